The Kier molecular flexibility index (Phi) is 7.67. The number of hydrogen-bond donors (Lipinski definition) is 1. The highest BCUT2D eigenvalue weighted by molar-refractivity contribution is 6.42. The molecule has 1 N–H and O–H groups in total. The van der Waals surface area contributed by atoms with E-state index in [9.17, 15) is 0 Å². The number of halogens is 2. The Labute approximate surface area is 201 Å². The molecule has 1 heterocycles. The number of fused-ring (bicyclic) bond motifs is 3. The van der Waals surface area contributed by atoms with Crippen LogP contribution in [-0.2, 0) is 6.42 Å². The van der Waals surface area contributed by atoms with Gasteiger partial charge in [-0.1, -0.05) is 67.4 Å². The van der Waals surface area contributed by atoms with Gasteiger partial charge in [-0.05, 0) is 67.7 Å². The molecular formula is C26H30Cl2N4. The third-order valence-electron chi connectivity index (χ3n) is 6.30. The van der Waals surface area contributed by atoms with Crippen molar-refractivity contribution in [3.63, 3.8) is 0 Å². The summed E-state index contributed by atoms with van der Waals surface area (Å²) in [6, 6.07) is 14.4. The summed E-state index contributed by atoms with van der Waals surface area (Å²) in [7, 11) is 0. The van der Waals surface area contributed by atoms with Gasteiger partial charge in [-0.25, -0.2) is 9.97 Å². The first-order valence-electron chi connectivity index (χ1n) is 11.5. The van der Waals surface area contributed by atoms with E-state index < -0.39 is 0 Å². The van der Waals surface area contributed by atoms with Gasteiger partial charge in [0.1, 0.15) is 0 Å². The lowest BCUT2D eigenvalue weighted by molar-refractivity contribution is 0.298. The second-order valence-corrected chi connectivity index (χ2v) is 9.06. The van der Waals surface area contributed by atoms with Crippen LogP contribution in [0, 0.1) is 0 Å². The molecule has 1 aromatic heterocycles. The van der Waals surface area contributed by atoms with Crippen molar-refractivity contribution < 1.29 is 0 Å². The normalized spacial score (nSPS) is 14.8. The predicted octanol–water partition coefficient (Wildman–Crippen LogP) is 6.67. The van der Waals surface area contributed by atoms with Crippen molar-refractivity contribution in [1.29, 1.82) is 0 Å². The van der Waals surface area contributed by atoms with Crippen molar-refractivity contribution in [1.82, 2.24) is 14.9 Å². The van der Waals surface area contributed by atoms with Gasteiger partial charge in [-0.15, -0.1) is 0 Å². The van der Waals surface area contributed by atoms with E-state index in [4.69, 9.17) is 28.2 Å². The van der Waals surface area contributed by atoms with Gasteiger partial charge in [0.15, 0.2) is 0 Å². The highest BCUT2D eigenvalue weighted by atomic mass is 35.5. The Balaban J connectivity index is 1.50. The van der Waals surface area contributed by atoms with E-state index >= 15 is 0 Å². The van der Waals surface area contributed by atoms with E-state index in [0.717, 1.165) is 61.4 Å². The third kappa shape index (κ3) is 5.09. The molecule has 0 fully saturated rings. The minimum absolute atomic E-state index is 0.205. The molecule has 1 unspecified atom stereocenters. The standard InChI is InChI=1S/C26H30Cl2N4/c1-3-32(4-2)14-8-7-13-29-26-30-17-19-15-22(18-11-12-23(27)24(28)16-18)20-9-5-6-10-21(20)25(19)31-26/h5-6,9-12,16-17,22H,3-4,7-8,13-15H2,1-2H3,(H,29,30,31). The number of hydrogen-bond acceptors (Lipinski definition) is 4. The van der Waals surface area contributed by atoms with E-state index in [0.29, 0.717) is 16.0 Å². The number of rotatable bonds is 9. The van der Waals surface area contributed by atoms with Crippen LogP contribution in [0.4, 0.5) is 5.95 Å². The fraction of sp³-hybridized carbons (Fsp3) is 0.385. The Bertz CT molecular complexity index is 1070. The quantitative estimate of drug-likeness (QED) is 0.355. The zero-order valence-corrected chi connectivity index (χ0v) is 20.3. The summed E-state index contributed by atoms with van der Waals surface area (Å²) in [6.45, 7) is 8.68. The summed E-state index contributed by atoms with van der Waals surface area (Å²) < 4.78 is 0. The molecule has 6 heteroatoms. The molecule has 0 aliphatic heterocycles. The molecule has 0 radical (unpaired) electrons. The third-order valence-corrected chi connectivity index (χ3v) is 7.04. The summed E-state index contributed by atoms with van der Waals surface area (Å²) in [4.78, 5) is 12.0. The molecule has 0 saturated carbocycles. The lowest BCUT2D eigenvalue weighted by Gasteiger charge is -2.27. The molecule has 0 spiro atoms. The summed E-state index contributed by atoms with van der Waals surface area (Å²) in [5.74, 6) is 0.908. The van der Waals surface area contributed by atoms with Crippen LogP contribution in [-0.4, -0.2) is 41.0 Å². The van der Waals surface area contributed by atoms with Crippen molar-refractivity contribution in [2.75, 3.05) is 31.5 Å². The van der Waals surface area contributed by atoms with E-state index in [-0.39, 0.29) is 5.92 Å². The first-order chi connectivity index (χ1) is 15.6. The maximum absolute atomic E-state index is 6.32. The van der Waals surface area contributed by atoms with Crippen LogP contribution in [0.5, 0.6) is 0 Å². The maximum Gasteiger partial charge on any atom is 0.223 e. The summed E-state index contributed by atoms with van der Waals surface area (Å²) in [6.07, 6.45) is 5.09. The second kappa shape index (κ2) is 10.7. The van der Waals surface area contributed by atoms with Gasteiger partial charge in [-0.2, -0.15) is 0 Å². The van der Waals surface area contributed by atoms with Gasteiger partial charge in [0.25, 0.3) is 0 Å². The Morgan fingerprint density at radius 3 is 2.62 bits per heavy atom. The number of unbranched alkanes of at least 4 members (excludes halogenated alkanes) is 1. The van der Waals surface area contributed by atoms with Crippen LogP contribution in [0.25, 0.3) is 11.3 Å². The molecule has 168 valence electrons. The van der Waals surface area contributed by atoms with E-state index in [1.54, 1.807) is 0 Å². The molecule has 0 amide bonds. The average molecular weight is 469 g/mol. The van der Waals surface area contributed by atoms with Gasteiger partial charge in [0, 0.05) is 24.2 Å². The molecule has 4 nitrogen and oxygen atoms in total. The largest absolute Gasteiger partial charge is 0.354 e. The Morgan fingerprint density at radius 1 is 1.03 bits per heavy atom. The highest BCUT2D eigenvalue weighted by Gasteiger charge is 2.27. The van der Waals surface area contributed by atoms with E-state index in [1.165, 1.54) is 12.0 Å². The first kappa shape index (κ1) is 23.0. The first-order valence-corrected chi connectivity index (χ1v) is 12.2. The fourth-order valence-electron chi connectivity index (χ4n) is 4.45. The summed E-state index contributed by atoms with van der Waals surface area (Å²) in [5.41, 5.74) is 5.77. The van der Waals surface area contributed by atoms with Gasteiger partial charge in [0.05, 0.1) is 15.7 Å². The minimum Gasteiger partial charge on any atom is -0.354 e. The average Bonchev–Trinajstić information content (AvgIpc) is 2.82. The Morgan fingerprint density at radius 2 is 1.84 bits per heavy atom. The van der Waals surface area contributed by atoms with Gasteiger partial charge >= 0.3 is 0 Å². The summed E-state index contributed by atoms with van der Waals surface area (Å²) in [5, 5.41) is 4.59. The smallest absolute Gasteiger partial charge is 0.223 e. The molecule has 0 bridgehead atoms. The number of nitrogens with one attached hydrogen (secondary N) is 1. The monoisotopic (exact) mass is 468 g/mol. The molecular weight excluding hydrogens is 439 g/mol. The molecule has 0 saturated heterocycles. The lowest BCUT2D eigenvalue weighted by Crippen LogP contribution is -2.24. The van der Waals surface area contributed by atoms with Crippen molar-refractivity contribution >= 4 is 29.2 Å². The zero-order valence-electron chi connectivity index (χ0n) is 18.7. The molecule has 1 aliphatic carbocycles. The van der Waals surface area contributed by atoms with Crippen LogP contribution in [0.2, 0.25) is 10.0 Å². The predicted molar refractivity (Wildman–Crippen MR) is 135 cm³/mol. The number of aromatic nitrogens is 2. The number of nitrogens with zero attached hydrogens (tertiary/aromatic N) is 3. The van der Waals surface area contributed by atoms with Crippen LogP contribution in [0.3, 0.4) is 0 Å². The Hall–Kier alpha value is -2.14. The number of anilines is 1. The van der Waals surface area contributed by atoms with Crippen molar-refractivity contribution in [3.05, 3.63) is 75.4 Å². The molecule has 1 aliphatic rings. The van der Waals surface area contributed by atoms with Gasteiger partial charge in [-0.3, -0.25) is 0 Å². The second-order valence-electron chi connectivity index (χ2n) is 8.25. The molecule has 1 atom stereocenters. The summed E-state index contributed by atoms with van der Waals surface area (Å²) >= 11 is 12.5. The van der Waals surface area contributed by atoms with Crippen molar-refractivity contribution in [2.24, 2.45) is 0 Å². The maximum atomic E-state index is 6.32. The number of benzene rings is 2. The molecule has 2 aromatic carbocycles. The zero-order chi connectivity index (χ0) is 22.5. The minimum atomic E-state index is 0.205. The van der Waals surface area contributed by atoms with E-state index in [2.05, 4.69) is 59.4 Å². The lowest BCUT2D eigenvalue weighted by atomic mass is 9.78. The SMILES string of the molecule is CCN(CC)CCCCNc1ncc2c(n1)-c1ccccc1C(c1ccc(Cl)c(Cl)c1)C2. The fourth-order valence-corrected chi connectivity index (χ4v) is 4.75. The van der Waals surface area contributed by atoms with Crippen LogP contribution < -0.4 is 5.32 Å². The van der Waals surface area contributed by atoms with Crippen molar-refractivity contribution in [3.8, 4) is 11.3 Å². The van der Waals surface area contributed by atoms with Gasteiger partial charge in [0.2, 0.25) is 5.95 Å². The van der Waals surface area contributed by atoms with Crippen molar-refractivity contribution in [2.45, 2.75) is 39.0 Å². The van der Waals surface area contributed by atoms with Gasteiger partial charge < -0.3 is 10.2 Å². The highest BCUT2D eigenvalue weighted by Crippen LogP contribution is 2.42. The topological polar surface area (TPSA) is 41.0 Å². The van der Waals surface area contributed by atoms with Crippen LogP contribution >= 0.6 is 23.2 Å². The molecule has 4 rings (SSSR count). The molecule has 32 heavy (non-hydrogen) atoms. The van der Waals surface area contributed by atoms with Crippen LogP contribution in [0.1, 0.15) is 49.3 Å². The van der Waals surface area contributed by atoms with Crippen LogP contribution in [0.15, 0.2) is 48.7 Å². The molecule has 3 aromatic rings. The van der Waals surface area contributed by atoms with E-state index in [1.807, 2.05) is 18.3 Å².